The quantitative estimate of drug-likeness (QED) is 0.776. The average Bonchev–Trinajstić information content (AvgIpc) is 2.67. The van der Waals surface area contributed by atoms with E-state index in [0.717, 1.165) is 0 Å². The van der Waals surface area contributed by atoms with Gasteiger partial charge in [-0.15, -0.1) is 0 Å². The number of hydrogen-bond acceptors (Lipinski definition) is 3. The molecule has 0 bridgehead atoms. The molecule has 0 N–H and O–H groups in total. The molecular formula is C10H7F3N2O2. The van der Waals surface area contributed by atoms with E-state index < -0.39 is 12.8 Å². The number of alkyl halides is 3. The van der Waals surface area contributed by atoms with Crippen molar-refractivity contribution in [2.75, 3.05) is 6.61 Å². The molecule has 0 amide bonds. The fourth-order valence-corrected chi connectivity index (χ4v) is 1.30. The molecule has 0 aromatic carbocycles. The first-order valence-corrected chi connectivity index (χ1v) is 4.61. The normalized spacial score (nSPS) is 11.7. The molecule has 17 heavy (non-hydrogen) atoms. The lowest BCUT2D eigenvalue weighted by molar-refractivity contribution is -0.153. The number of pyridine rings is 1. The fraction of sp³-hybridized carbons (Fsp3) is 0.200. The molecule has 2 aromatic rings. The number of nitrogens with zero attached hydrogens (tertiary/aromatic N) is 2. The van der Waals surface area contributed by atoms with Gasteiger partial charge in [0.2, 0.25) is 0 Å². The Morgan fingerprint density at radius 3 is 2.76 bits per heavy atom. The third kappa shape index (κ3) is 2.74. The smallest absolute Gasteiger partial charge is 0.422 e. The minimum Gasteiger partial charge on any atom is -0.483 e. The SMILES string of the molecule is O=Cc1cn2cc(OCC(F)(F)F)ccc2n1. The van der Waals surface area contributed by atoms with Crippen molar-refractivity contribution in [1.29, 1.82) is 0 Å². The van der Waals surface area contributed by atoms with Crippen LogP contribution in [-0.4, -0.2) is 28.5 Å². The van der Waals surface area contributed by atoms with E-state index in [-0.39, 0.29) is 11.4 Å². The number of carbonyl (C=O) groups is 1. The standard InChI is InChI=1S/C10H7F3N2O2/c11-10(12,13)6-17-8-1-2-9-14-7(5-16)3-15(9)4-8/h1-5H,6H2. The largest absolute Gasteiger partial charge is 0.483 e. The summed E-state index contributed by atoms with van der Waals surface area (Å²) in [6, 6.07) is 2.83. The van der Waals surface area contributed by atoms with E-state index >= 15 is 0 Å². The first kappa shape index (κ1) is 11.4. The van der Waals surface area contributed by atoms with Gasteiger partial charge in [-0.05, 0) is 12.1 Å². The van der Waals surface area contributed by atoms with Crippen molar-refractivity contribution >= 4 is 11.9 Å². The molecule has 0 aliphatic carbocycles. The lowest BCUT2D eigenvalue weighted by atomic mass is 10.4. The molecule has 2 aromatic heterocycles. The molecule has 0 saturated carbocycles. The van der Waals surface area contributed by atoms with Crippen LogP contribution in [0.15, 0.2) is 24.5 Å². The number of rotatable bonds is 3. The molecule has 2 rings (SSSR count). The molecule has 0 aliphatic rings. The van der Waals surface area contributed by atoms with Crippen molar-refractivity contribution < 1.29 is 22.7 Å². The van der Waals surface area contributed by atoms with Crippen LogP contribution >= 0.6 is 0 Å². The van der Waals surface area contributed by atoms with Gasteiger partial charge in [0.1, 0.15) is 17.1 Å². The topological polar surface area (TPSA) is 43.6 Å². The van der Waals surface area contributed by atoms with Gasteiger partial charge >= 0.3 is 6.18 Å². The van der Waals surface area contributed by atoms with E-state index in [2.05, 4.69) is 9.72 Å². The van der Waals surface area contributed by atoms with E-state index in [1.54, 1.807) is 0 Å². The Morgan fingerprint density at radius 2 is 2.12 bits per heavy atom. The second-order valence-electron chi connectivity index (χ2n) is 3.32. The van der Waals surface area contributed by atoms with Gasteiger partial charge in [0, 0.05) is 6.20 Å². The molecule has 90 valence electrons. The van der Waals surface area contributed by atoms with Crippen molar-refractivity contribution in [3.05, 3.63) is 30.2 Å². The zero-order valence-electron chi connectivity index (χ0n) is 8.44. The maximum Gasteiger partial charge on any atom is 0.422 e. The number of carbonyl (C=O) groups excluding carboxylic acids is 1. The third-order valence-corrected chi connectivity index (χ3v) is 1.97. The molecular weight excluding hydrogens is 237 g/mol. The van der Waals surface area contributed by atoms with Gasteiger partial charge in [0.05, 0.1) is 6.20 Å². The summed E-state index contributed by atoms with van der Waals surface area (Å²) in [6.07, 6.45) is -1.08. The Labute approximate surface area is 93.6 Å². The van der Waals surface area contributed by atoms with E-state index in [9.17, 15) is 18.0 Å². The molecule has 0 fully saturated rings. The van der Waals surface area contributed by atoms with E-state index in [1.807, 2.05) is 0 Å². The van der Waals surface area contributed by atoms with Crippen LogP contribution in [0, 0.1) is 0 Å². The van der Waals surface area contributed by atoms with Crippen LogP contribution in [0.2, 0.25) is 0 Å². The maximum atomic E-state index is 11.9. The Kier molecular flexibility index (Phi) is 2.74. The minimum atomic E-state index is -4.38. The first-order chi connectivity index (χ1) is 7.98. The second kappa shape index (κ2) is 4.08. The van der Waals surface area contributed by atoms with Crippen LogP contribution in [-0.2, 0) is 0 Å². The summed E-state index contributed by atoms with van der Waals surface area (Å²) in [5, 5.41) is 0. The molecule has 0 spiro atoms. The van der Waals surface area contributed by atoms with Crippen molar-refractivity contribution in [3.63, 3.8) is 0 Å². The molecule has 7 heteroatoms. The summed E-state index contributed by atoms with van der Waals surface area (Å²) in [4.78, 5) is 14.4. The lowest BCUT2D eigenvalue weighted by Gasteiger charge is -2.08. The number of aromatic nitrogens is 2. The van der Waals surface area contributed by atoms with Gasteiger partial charge in [0.25, 0.3) is 0 Å². The highest BCUT2D eigenvalue weighted by molar-refractivity contribution is 5.73. The van der Waals surface area contributed by atoms with Gasteiger partial charge in [-0.1, -0.05) is 0 Å². The van der Waals surface area contributed by atoms with Crippen LogP contribution in [0.25, 0.3) is 5.65 Å². The third-order valence-electron chi connectivity index (χ3n) is 1.97. The molecule has 0 atom stereocenters. The zero-order chi connectivity index (χ0) is 12.5. The summed E-state index contributed by atoms with van der Waals surface area (Å²) < 4.78 is 41.8. The molecule has 0 saturated heterocycles. The van der Waals surface area contributed by atoms with Crippen molar-refractivity contribution in [3.8, 4) is 5.75 Å². The highest BCUT2D eigenvalue weighted by Crippen LogP contribution is 2.19. The summed E-state index contributed by atoms with van der Waals surface area (Å²) in [5.74, 6) is 0.0599. The molecule has 4 nitrogen and oxygen atoms in total. The number of imidazole rings is 1. The van der Waals surface area contributed by atoms with Crippen LogP contribution in [0.1, 0.15) is 10.5 Å². The van der Waals surface area contributed by atoms with Gasteiger partial charge in [-0.25, -0.2) is 4.98 Å². The summed E-state index contributed by atoms with van der Waals surface area (Å²) >= 11 is 0. The van der Waals surface area contributed by atoms with Crippen molar-refractivity contribution in [2.24, 2.45) is 0 Å². The van der Waals surface area contributed by atoms with Crippen molar-refractivity contribution in [1.82, 2.24) is 9.38 Å². The minimum absolute atomic E-state index is 0.0599. The number of ether oxygens (including phenoxy) is 1. The van der Waals surface area contributed by atoms with Crippen LogP contribution < -0.4 is 4.74 Å². The highest BCUT2D eigenvalue weighted by atomic mass is 19.4. The number of halogens is 3. The number of hydrogen-bond donors (Lipinski definition) is 0. The zero-order valence-corrected chi connectivity index (χ0v) is 8.44. The monoisotopic (exact) mass is 244 g/mol. The maximum absolute atomic E-state index is 11.9. The Morgan fingerprint density at radius 1 is 1.35 bits per heavy atom. The average molecular weight is 244 g/mol. The summed E-state index contributed by atoms with van der Waals surface area (Å²) in [7, 11) is 0. The molecule has 0 radical (unpaired) electrons. The second-order valence-corrected chi connectivity index (χ2v) is 3.32. The predicted molar refractivity (Wildman–Crippen MR) is 52.1 cm³/mol. The summed E-state index contributed by atoms with van der Waals surface area (Å²) in [6.45, 7) is -1.35. The number of aldehydes is 1. The Bertz CT molecular complexity index is 548. The lowest BCUT2D eigenvalue weighted by Crippen LogP contribution is -2.19. The molecule has 0 unspecified atom stereocenters. The van der Waals surface area contributed by atoms with E-state index in [4.69, 9.17) is 0 Å². The Balaban J connectivity index is 2.22. The van der Waals surface area contributed by atoms with Gasteiger partial charge < -0.3 is 9.14 Å². The van der Waals surface area contributed by atoms with Crippen LogP contribution in [0.3, 0.4) is 0 Å². The number of fused-ring (bicyclic) bond motifs is 1. The predicted octanol–water partition coefficient (Wildman–Crippen LogP) is 2.09. The van der Waals surface area contributed by atoms with Gasteiger partial charge in [-0.2, -0.15) is 13.2 Å². The summed E-state index contributed by atoms with van der Waals surface area (Å²) in [5.41, 5.74) is 0.671. The van der Waals surface area contributed by atoms with Gasteiger partial charge in [0.15, 0.2) is 12.9 Å². The van der Waals surface area contributed by atoms with E-state index in [0.29, 0.717) is 11.9 Å². The van der Waals surface area contributed by atoms with Gasteiger partial charge in [-0.3, -0.25) is 4.79 Å². The van der Waals surface area contributed by atoms with E-state index in [1.165, 1.54) is 28.9 Å². The highest BCUT2D eigenvalue weighted by Gasteiger charge is 2.28. The van der Waals surface area contributed by atoms with Crippen LogP contribution in [0.4, 0.5) is 13.2 Å². The Hall–Kier alpha value is -2.05. The molecule has 0 aliphatic heterocycles. The molecule has 2 heterocycles. The fourth-order valence-electron chi connectivity index (χ4n) is 1.30. The van der Waals surface area contributed by atoms with Crippen LogP contribution in [0.5, 0.6) is 5.75 Å². The first-order valence-electron chi connectivity index (χ1n) is 4.61. The van der Waals surface area contributed by atoms with Crippen molar-refractivity contribution in [2.45, 2.75) is 6.18 Å².